The van der Waals surface area contributed by atoms with Crippen LogP contribution in [0.1, 0.15) is 40.5 Å². The van der Waals surface area contributed by atoms with Gasteiger partial charge in [-0.15, -0.1) is 10.2 Å². The molecule has 0 amide bonds. The number of ether oxygens (including phenoxy) is 1. The zero-order valence-electron chi connectivity index (χ0n) is 15.5. The zero-order chi connectivity index (χ0) is 19.5. The van der Waals surface area contributed by atoms with Crippen LogP contribution in [0.15, 0.2) is 53.7 Å². The lowest BCUT2D eigenvalue weighted by molar-refractivity contribution is 0.101. The fraction of sp³-hybridized carbons (Fsp3) is 0.286. The molecule has 1 fully saturated rings. The summed E-state index contributed by atoms with van der Waals surface area (Å²) in [5.74, 6) is 1.27. The van der Waals surface area contributed by atoms with Crippen LogP contribution < -0.4 is 4.74 Å². The molecular formula is C21H20FN3O2S. The van der Waals surface area contributed by atoms with Gasteiger partial charge in [0.1, 0.15) is 17.4 Å². The molecule has 0 N–H and O–H groups in total. The van der Waals surface area contributed by atoms with Crippen molar-refractivity contribution in [1.82, 2.24) is 14.8 Å². The van der Waals surface area contributed by atoms with E-state index in [-0.39, 0.29) is 17.1 Å². The number of thioether (sulfide) groups is 1. The molecule has 0 atom stereocenters. The minimum atomic E-state index is -0.461. The van der Waals surface area contributed by atoms with E-state index in [1.165, 1.54) is 37.1 Å². The summed E-state index contributed by atoms with van der Waals surface area (Å²) in [6, 6.07) is 14.1. The Hall–Kier alpha value is -2.67. The Balaban J connectivity index is 1.54. The highest BCUT2D eigenvalue weighted by atomic mass is 32.2. The van der Waals surface area contributed by atoms with Crippen LogP contribution in [-0.4, -0.2) is 33.4 Å². The van der Waals surface area contributed by atoms with Crippen molar-refractivity contribution in [3.63, 3.8) is 0 Å². The van der Waals surface area contributed by atoms with Crippen LogP contribution in [0.4, 0.5) is 4.39 Å². The second kappa shape index (κ2) is 8.14. The standard InChI is InChI=1S/C21H20FN3O2S/c1-27-19-10-9-16(22)11-17(19)18(26)13-28-21-24-23-20(15-7-8-15)25(21)12-14-5-3-2-4-6-14/h2-6,9-11,15H,7-8,12-13H2,1H3. The summed E-state index contributed by atoms with van der Waals surface area (Å²) < 4.78 is 20.9. The molecule has 0 radical (unpaired) electrons. The van der Waals surface area contributed by atoms with E-state index in [1.54, 1.807) is 0 Å². The predicted molar refractivity (Wildman–Crippen MR) is 106 cm³/mol. The van der Waals surface area contributed by atoms with Crippen LogP contribution in [0, 0.1) is 5.82 Å². The smallest absolute Gasteiger partial charge is 0.191 e. The highest BCUT2D eigenvalue weighted by molar-refractivity contribution is 7.99. The Morgan fingerprint density at radius 2 is 2.00 bits per heavy atom. The van der Waals surface area contributed by atoms with Gasteiger partial charge in [0.2, 0.25) is 0 Å². The van der Waals surface area contributed by atoms with E-state index >= 15 is 0 Å². The van der Waals surface area contributed by atoms with Gasteiger partial charge < -0.3 is 9.30 Å². The molecular weight excluding hydrogens is 377 g/mol. The van der Waals surface area contributed by atoms with Gasteiger partial charge in [0.05, 0.1) is 25.0 Å². The topological polar surface area (TPSA) is 57.0 Å². The highest BCUT2D eigenvalue weighted by Crippen LogP contribution is 2.40. The van der Waals surface area contributed by atoms with Crippen LogP contribution >= 0.6 is 11.8 Å². The molecule has 4 rings (SSSR count). The molecule has 0 spiro atoms. The van der Waals surface area contributed by atoms with Crippen molar-refractivity contribution >= 4 is 17.5 Å². The van der Waals surface area contributed by atoms with Gasteiger partial charge in [-0.1, -0.05) is 42.1 Å². The second-order valence-electron chi connectivity index (χ2n) is 6.74. The number of carbonyl (C=O) groups is 1. The van der Waals surface area contributed by atoms with Gasteiger partial charge in [-0.05, 0) is 36.6 Å². The molecule has 1 saturated carbocycles. The predicted octanol–water partition coefficient (Wildman–Crippen LogP) is 4.33. The van der Waals surface area contributed by atoms with Crippen molar-refractivity contribution < 1.29 is 13.9 Å². The van der Waals surface area contributed by atoms with Gasteiger partial charge in [0, 0.05) is 5.92 Å². The SMILES string of the molecule is COc1ccc(F)cc1C(=O)CSc1nnc(C2CC2)n1Cc1ccccc1. The molecule has 5 nitrogen and oxygen atoms in total. The van der Waals surface area contributed by atoms with Crippen LogP contribution in [-0.2, 0) is 6.54 Å². The minimum Gasteiger partial charge on any atom is -0.496 e. The molecule has 144 valence electrons. The quantitative estimate of drug-likeness (QED) is 0.418. The van der Waals surface area contributed by atoms with E-state index in [0.717, 1.165) is 24.2 Å². The van der Waals surface area contributed by atoms with Crippen LogP contribution in [0.25, 0.3) is 0 Å². The normalized spacial score (nSPS) is 13.5. The number of Topliss-reactive ketones (excluding diaryl/α,β-unsaturated/α-hetero) is 1. The van der Waals surface area contributed by atoms with E-state index in [0.29, 0.717) is 23.4 Å². The first-order chi connectivity index (χ1) is 13.7. The van der Waals surface area contributed by atoms with E-state index in [2.05, 4.69) is 26.9 Å². The van der Waals surface area contributed by atoms with Crippen molar-refractivity contribution in [3.05, 3.63) is 71.3 Å². The van der Waals surface area contributed by atoms with Crippen molar-refractivity contribution in [2.24, 2.45) is 0 Å². The molecule has 0 saturated heterocycles. The van der Waals surface area contributed by atoms with Crippen LogP contribution in [0.2, 0.25) is 0 Å². The molecule has 0 aliphatic heterocycles. The Bertz CT molecular complexity index is 987. The number of aromatic nitrogens is 3. The van der Waals surface area contributed by atoms with Crippen molar-refractivity contribution in [3.8, 4) is 5.75 Å². The number of methoxy groups -OCH3 is 1. The number of ketones is 1. The lowest BCUT2D eigenvalue weighted by Crippen LogP contribution is -2.09. The Morgan fingerprint density at radius 1 is 1.21 bits per heavy atom. The molecule has 2 aromatic carbocycles. The Kier molecular flexibility index (Phi) is 5.43. The van der Waals surface area contributed by atoms with Gasteiger partial charge in [0.15, 0.2) is 10.9 Å². The first kappa shape index (κ1) is 18.7. The number of hydrogen-bond donors (Lipinski definition) is 0. The second-order valence-corrected chi connectivity index (χ2v) is 7.69. The maximum absolute atomic E-state index is 13.6. The van der Waals surface area contributed by atoms with E-state index in [9.17, 15) is 9.18 Å². The first-order valence-electron chi connectivity index (χ1n) is 9.12. The van der Waals surface area contributed by atoms with Crippen molar-refractivity contribution in [2.45, 2.75) is 30.5 Å². The summed E-state index contributed by atoms with van der Waals surface area (Å²) in [5.41, 5.74) is 1.40. The molecule has 1 heterocycles. The molecule has 3 aromatic rings. The molecule has 0 bridgehead atoms. The number of hydrogen-bond acceptors (Lipinski definition) is 5. The number of nitrogens with zero attached hydrogens (tertiary/aromatic N) is 3. The molecule has 28 heavy (non-hydrogen) atoms. The fourth-order valence-electron chi connectivity index (χ4n) is 3.07. The molecule has 0 unspecified atom stereocenters. The van der Waals surface area contributed by atoms with Crippen molar-refractivity contribution in [1.29, 1.82) is 0 Å². The molecule has 1 aromatic heterocycles. The molecule has 1 aliphatic rings. The summed E-state index contributed by atoms with van der Waals surface area (Å²) in [4.78, 5) is 12.6. The third-order valence-corrected chi connectivity index (χ3v) is 5.63. The maximum Gasteiger partial charge on any atom is 0.191 e. The number of benzene rings is 2. The lowest BCUT2D eigenvalue weighted by Gasteiger charge is -2.10. The Morgan fingerprint density at radius 3 is 2.71 bits per heavy atom. The van der Waals surface area contributed by atoms with E-state index in [4.69, 9.17) is 4.74 Å². The summed E-state index contributed by atoms with van der Waals surface area (Å²) in [6.07, 6.45) is 2.24. The van der Waals surface area contributed by atoms with Crippen molar-refractivity contribution in [2.75, 3.05) is 12.9 Å². The largest absolute Gasteiger partial charge is 0.496 e. The Labute approximate surface area is 166 Å². The van der Waals surface area contributed by atoms with Gasteiger partial charge in [0.25, 0.3) is 0 Å². The van der Waals surface area contributed by atoms with Crippen LogP contribution in [0.5, 0.6) is 5.75 Å². The minimum absolute atomic E-state index is 0.136. The number of rotatable bonds is 8. The average molecular weight is 397 g/mol. The summed E-state index contributed by atoms with van der Waals surface area (Å²) in [5, 5.41) is 9.39. The average Bonchev–Trinajstić information content (AvgIpc) is 3.49. The molecule has 1 aliphatic carbocycles. The van der Waals surface area contributed by atoms with Gasteiger partial charge >= 0.3 is 0 Å². The molecule has 7 heteroatoms. The first-order valence-corrected chi connectivity index (χ1v) is 10.1. The lowest BCUT2D eigenvalue weighted by atomic mass is 10.1. The van der Waals surface area contributed by atoms with Crippen LogP contribution in [0.3, 0.4) is 0 Å². The number of carbonyl (C=O) groups excluding carboxylic acids is 1. The third kappa shape index (κ3) is 4.09. The summed E-state index contributed by atoms with van der Waals surface area (Å²) in [6.45, 7) is 0.666. The maximum atomic E-state index is 13.6. The summed E-state index contributed by atoms with van der Waals surface area (Å²) in [7, 11) is 1.47. The van der Waals surface area contributed by atoms with E-state index < -0.39 is 5.82 Å². The number of halogens is 1. The zero-order valence-corrected chi connectivity index (χ0v) is 16.3. The van der Waals surface area contributed by atoms with Gasteiger partial charge in [-0.25, -0.2) is 4.39 Å². The fourth-order valence-corrected chi connectivity index (χ4v) is 3.90. The highest BCUT2D eigenvalue weighted by Gasteiger charge is 2.30. The van der Waals surface area contributed by atoms with E-state index in [1.807, 2.05) is 18.2 Å². The van der Waals surface area contributed by atoms with Gasteiger partial charge in [-0.2, -0.15) is 0 Å². The monoisotopic (exact) mass is 397 g/mol. The van der Waals surface area contributed by atoms with Gasteiger partial charge in [-0.3, -0.25) is 4.79 Å². The third-order valence-electron chi connectivity index (χ3n) is 4.67. The summed E-state index contributed by atoms with van der Waals surface area (Å²) >= 11 is 1.32.